The lowest BCUT2D eigenvalue weighted by molar-refractivity contribution is -0.133. The minimum absolute atomic E-state index is 0.00654. The minimum atomic E-state index is -5.08. The van der Waals surface area contributed by atoms with Crippen molar-refractivity contribution >= 4 is 27.3 Å². The monoisotopic (exact) mass is 625 g/mol. The Morgan fingerprint density at radius 3 is 2.67 bits per heavy atom. The van der Waals surface area contributed by atoms with Gasteiger partial charge in [0.05, 0.1) is 36.0 Å². The summed E-state index contributed by atoms with van der Waals surface area (Å²) in [4.78, 5) is 22.6. The molecule has 3 aromatic heterocycles. The summed E-state index contributed by atoms with van der Waals surface area (Å²) in [6.45, 7) is -2.74. The van der Waals surface area contributed by atoms with Gasteiger partial charge in [-0.15, -0.1) is 0 Å². The number of alkyl halides is 6. The van der Waals surface area contributed by atoms with Crippen molar-refractivity contribution in [3.8, 4) is 17.1 Å². The van der Waals surface area contributed by atoms with Crippen molar-refractivity contribution in [3.05, 3.63) is 35.8 Å². The standard InChI is InChI=1S/C23H24F6N8O4S/c1-41-21-14(20(38)34-16-7-36(6-15(16)24)42(39,40)10-23(27,28)29)2-12(4-31-21)17-3-13(5-35-8-22(25,26)9-35)18-19(30)32-11-33-37(17)18/h2-4,11,15-16H,5-10H2,1H3,(H,34,38)(H2,30,32,33)/t15-,16+/m0/s1/i1D3. The number of amides is 1. The molecule has 2 fully saturated rings. The van der Waals surface area contributed by atoms with Crippen molar-refractivity contribution < 1.29 is 48.4 Å². The number of ether oxygens (including phenoxy) is 1. The van der Waals surface area contributed by atoms with Crippen molar-refractivity contribution in [3.63, 3.8) is 0 Å². The smallest absolute Gasteiger partial charge is 0.404 e. The highest BCUT2D eigenvalue weighted by molar-refractivity contribution is 7.89. The number of nitrogens with one attached hydrogen (secondary N) is 1. The number of sulfonamides is 1. The third kappa shape index (κ3) is 5.93. The number of anilines is 1. The number of nitrogen functional groups attached to an aromatic ring is 1. The summed E-state index contributed by atoms with van der Waals surface area (Å²) in [5.74, 6) is -6.96. The number of methoxy groups -OCH3 is 1. The second-order valence-electron chi connectivity index (χ2n) is 9.92. The van der Waals surface area contributed by atoms with Crippen molar-refractivity contribution in [2.24, 2.45) is 0 Å². The maximum Gasteiger partial charge on any atom is 0.404 e. The zero-order chi connectivity index (χ0) is 33.1. The summed E-state index contributed by atoms with van der Waals surface area (Å²) < 4.78 is 133. The fourth-order valence-corrected chi connectivity index (χ4v) is 6.26. The molecule has 5 heterocycles. The number of rotatable bonds is 8. The van der Waals surface area contributed by atoms with Crippen molar-refractivity contribution in [2.45, 2.75) is 30.9 Å². The van der Waals surface area contributed by atoms with Crippen LogP contribution in [0.25, 0.3) is 16.8 Å². The maximum absolute atomic E-state index is 14.8. The molecule has 228 valence electrons. The molecule has 1 amide bonds. The van der Waals surface area contributed by atoms with Crippen LogP contribution in [-0.2, 0) is 16.6 Å². The van der Waals surface area contributed by atoms with Crippen LogP contribution in [-0.4, -0.2) is 106 Å². The van der Waals surface area contributed by atoms with E-state index in [1.54, 1.807) is 0 Å². The number of hydrogen-bond donors (Lipinski definition) is 2. The fraction of sp³-hybridized carbons (Fsp3) is 0.478. The van der Waals surface area contributed by atoms with Gasteiger partial charge in [0.1, 0.15) is 23.6 Å². The number of halogens is 6. The minimum Gasteiger partial charge on any atom is -0.480 e. The molecule has 3 N–H and O–H groups in total. The predicted octanol–water partition coefficient (Wildman–Crippen LogP) is 1.48. The molecule has 3 aromatic rings. The van der Waals surface area contributed by atoms with Crippen LogP contribution < -0.4 is 15.8 Å². The summed E-state index contributed by atoms with van der Waals surface area (Å²) in [5.41, 5.74) is 6.54. The first kappa shape index (κ1) is 26.0. The fourth-order valence-electron chi connectivity index (χ4n) is 4.91. The first-order chi connectivity index (χ1) is 20.7. The Bertz CT molecular complexity index is 1730. The Kier molecular flexibility index (Phi) is 6.51. The molecule has 5 rings (SSSR count). The van der Waals surface area contributed by atoms with Gasteiger partial charge in [0, 0.05) is 31.4 Å². The van der Waals surface area contributed by atoms with E-state index in [0.29, 0.717) is 5.56 Å². The van der Waals surface area contributed by atoms with Gasteiger partial charge in [0.25, 0.3) is 11.8 Å². The molecule has 19 heteroatoms. The third-order valence-corrected chi connectivity index (χ3v) is 8.50. The summed E-state index contributed by atoms with van der Waals surface area (Å²) in [5, 5.41) is 6.32. The highest BCUT2D eigenvalue weighted by Crippen LogP contribution is 2.34. The Morgan fingerprint density at radius 1 is 1.26 bits per heavy atom. The molecule has 2 aliphatic rings. The zero-order valence-electron chi connectivity index (χ0n) is 24.3. The molecule has 0 unspecified atom stereocenters. The van der Waals surface area contributed by atoms with Crippen molar-refractivity contribution in [1.29, 1.82) is 0 Å². The van der Waals surface area contributed by atoms with Crippen LogP contribution in [0.3, 0.4) is 0 Å². The number of aromatic nitrogens is 4. The molecule has 0 aliphatic carbocycles. The van der Waals surface area contributed by atoms with Crippen molar-refractivity contribution in [2.75, 3.05) is 44.7 Å². The molecule has 0 aromatic carbocycles. The lowest BCUT2D eigenvalue weighted by Gasteiger charge is -2.38. The average molecular weight is 626 g/mol. The molecule has 2 aliphatic heterocycles. The second kappa shape index (κ2) is 10.5. The van der Waals surface area contributed by atoms with E-state index < -0.39 is 90.7 Å². The first-order valence-corrected chi connectivity index (χ1v) is 13.7. The highest BCUT2D eigenvalue weighted by atomic mass is 32.2. The topological polar surface area (TPSA) is 148 Å². The Balaban J connectivity index is 1.47. The Hall–Kier alpha value is -3.71. The van der Waals surface area contributed by atoms with Gasteiger partial charge in [0.15, 0.2) is 11.6 Å². The molecule has 0 spiro atoms. The Morgan fingerprint density at radius 2 is 2.00 bits per heavy atom. The number of nitrogens with zero attached hydrogens (tertiary/aromatic N) is 6. The number of carbonyl (C=O) groups excluding carboxylic acids is 1. The lowest BCUT2D eigenvalue weighted by Crippen LogP contribution is -2.55. The van der Waals surface area contributed by atoms with E-state index in [0.717, 1.165) is 18.6 Å². The summed E-state index contributed by atoms with van der Waals surface area (Å²) in [6.07, 6.45) is -4.96. The largest absolute Gasteiger partial charge is 0.480 e. The van der Waals surface area contributed by atoms with E-state index in [9.17, 15) is 39.6 Å². The van der Waals surface area contributed by atoms with Crippen molar-refractivity contribution in [1.82, 2.24) is 34.1 Å². The molecule has 2 saturated heterocycles. The lowest BCUT2D eigenvalue weighted by atomic mass is 10.1. The molecule has 0 bridgehead atoms. The molecule has 42 heavy (non-hydrogen) atoms. The Labute approximate surface area is 238 Å². The van der Waals surface area contributed by atoms with E-state index in [-0.39, 0.29) is 33.4 Å². The van der Waals surface area contributed by atoms with E-state index in [2.05, 4.69) is 20.4 Å². The summed E-state index contributed by atoms with van der Waals surface area (Å²) >= 11 is 0. The van der Waals surface area contributed by atoms with Gasteiger partial charge in [-0.25, -0.2) is 36.1 Å². The molecular weight excluding hydrogens is 598 g/mol. The van der Waals surface area contributed by atoms with E-state index in [1.807, 2.05) is 0 Å². The highest BCUT2D eigenvalue weighted by Gasteiger charge is 2.45. The number of nitrogens with two attached hydrogens (primary N) is 1. The third-order valence-electron chi connectivity index (χ3n) is 6.72. The second-order valence-corrected chi connectivity index (χ2v) is 11.9. The molecule has 0 saturated carbocycles. The number of carbonyl (C=O) groups is 1. The van der Waals surface area contributed by atoms with Crippen LogP contribution in [0.4, 0.5) is 32.2 Å². The zero-order valence-corrected chi connectivity index (χ0v) is 22.1. The van der Waals surface area contributed by atoms with Crippen LogP contribution in [0.2, 0.25) is 0 Å². The molecular formula is C23H24F6N8O4S. The SMILES string of the molecule is [2H]C([2H])([2H])Oc1ncc(-c2cc(CN3CC(F)(F)C3)c3c(N)ncnn23)cc1C(=O)N[C@@H]1CN(S(=O)(=O)CC(F)(F)F)C[C@@H]1F. The first-order valence-electron chi connectivity index (χ1n) is 13.6. The van der Waals surface area contributed by atoms with Crippen LogP contribution in [0, 0.1) is 0 Å². The normalized spacial score (nSPS) is 22.8. The van der Waals surface area contributed by atoms with E-state index in [1.165, 1.54) is 15.5 Å². The number of hydrogen-bond acceptors (Lipinski definition) is 9. The number of pyridine rings is 1. The van der Waals surface area contributed by atoms with Gasteiger partial charge in [0.2, 0.25) is 15.9 Å². The van der Waals surface area contributed by atoms with E-state index in [4.69, 9.17) is 14.6 Å². The van der Waals surface area contributed by atoms with Gasteiger partial charge in [-0.05, 0) is 17.7 Å². The number of fused-ring (bicyclic) bond motifs is 1. The predicted molar refractivity (Wildman–Crippen MR) is 135 cm³/mol. The van der Waals surface area contributed by atoms with Gasteiger partial charge in [-0.2, -0.15) is 22.6 Å². The van der Waals surface area contributed by atoms with Crippen LogP contribution >= 0.6 is 0 Å². The van der Waals surface area contributed by atoms with Gasteiger partial charge in [-0.1, -0.05) is 0 Å². The summed E-state index contributed by atoms with van der Waals surface area (Å²) in [6, 6.07) is 1.04. The average Bonchev–Trinajstić information content (AvgIpc) is 3.42. The van der Waals surface area contributed by atoms with Gasteiger partial charge in [-0.3, -0.25) is 9.69 Å². The van der Waals surface area contributed by atoms with E-state index >= 15 is 0 Å². The van der Waals surface area contributed by atoms with Gasteiger partial charge >= 0.3 is 6.18 Å². The van der Waals surface area contributed by atoms with Gasteiger partial charge < -0.3 is 15.8 Å². The molecule has 12 nitrogen and oxygen atoms in total. The molecule has 2 atom stereocenters. The summed E-state index contributed by atoms with van der Waals surface area (Å²) in [7, 11) is -8.06. The van der Waals surface area contributed by atoms with Crippen LogP contribution in [0.1, 0.15) is 20.0 Å². The quantitative estimate of drug-likeness (QED) is 0.355. The van der Waals surface area contributed by atoms with Crippen LogP contribution in [0.5, 0.6) is 5.88 Å². The van der Waals surface area contributed by atoms with Crippen LogP contribution in [0.15, 0.2) is 24.7 Å². The number of likely N-dealkylation sites (tertiary alicyclic amines) is 1. The molecule has 0 radical (unpaired) electrons. The maximum atomic E-state index is 14.8.